The zero-order valence-corrected chi connectivity index (χ0v) is 17.1. The highest BCUT2D eigenvalue weighted by atomic mass is 19.2. The number of urea groups is 1. The molecule has 0 aromatic heterocycles. The number of ether oxygens (including phenoxy) is 1. The molecule has 2 aromatic carbocycles. The molecule has 3 rings (SSSR count). The highest BCUT2D eigenvalue weighted by Crippen LogP contribution is 2.19. The molecule has 1 aliphatic heterocycles. The summed E-state index contributed by atoms with van der Waals surface area (Å²) in [7, 11) is 0. The molecule has 0 unspecified atom stereocenters. The summed E-state index contributed by atoms with van der Waals surface area (Å²) in [6, 6.07) is 11.9. The quantitative estimate of drug-likeness (QED) is 0.587. The third-order valence-corrected chi connectivity index (χ3v) is 5.14. The van der Waals surface area contributed by atoms with Gasteiger partial charge >= 0.3 is 6.03 Å². The highest BCUT2D eigenvalue weighted by Gasteiger charge is 2.15. The Morgan fingerprint density at radius 2 is 1.73 bits per heavy atom. The second-order valence-corrected chi connectivity index (χ2v) is 7.43. The van der Waals surface area contributed by atoms with Crippen LogP contribution < -0.4 is 15.4 Å². The molecule has 0 aliphatic carbocycles. The van der Waals surface area contributed by atoms with E-state index in [4.69, 9.17) is 4.74 Å². The molecule has 0 spiro atoms. The summed E-state index contributed by atoms with van der Waals surface area (Å²) in [6.45, 7) is 3.50. The largest absolute Gasteiger partial charge is 0.490 e. The zero-order valence-electron chi connectivity index (χ0n) is 17.1. The van der Waals surface area contributed by atoms with Gasteiger partial charge in [0.05, 0.1) is 6.61 Å². The molecule has 162 valence electrons. The summed E-state index contributed by atoms with van der Waals surface area (Å²) in [5.74, 6) is -1.84. The molecule has 1 heterocycles. The molecule has 5 nitrogen and oxygen atoms in total. The zero-order chi connectivity index (χ0) is 21.2. The number of aryl methyl sites for hydroxylation is 1. The summed E-state index contributed by atoms with van der Waals surface area (Å²) in [5.41, 5.74) is 2.04. The Bertz CT molecular complexity index is 809. The van der Waals surface area contributed by atoms with Crippen molar-refractivity contribution in [3.05, 3.63) is 59.7 Å². The van der Waals surface area contributed by atoms with Crippen LogP contribution in [0.5, 0.6) is 5.75 Å². The van der Waals surface area contributed by atoms with Crippen molar-refractivity contribution in [2.24, 2.45) is 0 Å². The third-order valence-electron chi connectivity index (χ3n) is 5.14. The van der Waals surface area contributed by atoms with Crippen LogP contribution in [0.1, 0.15) is 31.2 Å². The minimum Gasteiger partial charge on any atom is -0.490 e. The van der Waals surface area contributed by atoms with Gasteiger partial charge in [0, 0.05) is 31.9 Å². The van der Waals surface area contributed by atoms with Gasteiger partial charge in [-0.25, -0.2) is 9.18 Å². The highest BCUT2D eigenvalue weighted by molar-refractivity contribution is 5.89. The fourth-order valence-electron chi connectivity index (χ4n) is 3.39. The van der Waals surface area contributed by atoms with Crippen LogP contribution in [0.25, 0.3) is 0 Å². The fourth-order valence-corrected chi connectivity index (χ4v) is 3.39. The number of amides is 2. The van der Waals surface area contributed by atoms with E-state index in [9.17, 15) is 13.6 Å². The summed E-state index contributed by atoms with van der Waals surface area (Å²) in [6.07, 6.45) is 4.81. The number of nitrogens with one attached hydrogen (secondary N) is 2. The van der Waals surface area contributed by atoms with Crippen molar-refractivity contribution in [1.29, 1.82) is 0 Å². The molecule has 30 heavy (non-hydrogen) atoms. The summed E-state index contributed by atoms with van der Waals surface area (Å²) >= 11 is 0. The van der Waals surface area contributed by atoms with Gasteiger partial charge in [0.25, 0.3) is 0 Å². The van der Waals surface area contributed by atoms with E-state index in [0.717, 1.165) is 70.0 Å². The van der Waals surface area contributed by atoms with Gasteiger partial charge in [0.15, 0.2) is 11.6 Å². The standard InChI is InChI=1S/C23H29F2N3O2/c24-20-7-5-8-21(22(20)25)30-17-4-2-1-3-6-18-9-11-19(12-10-18)27-23(29)28-15-13-26-14-16-28/h5,7-12,26H,1-4,6,13-17H2,(H,27,29). The second-order valence-electron chi connectivity index (χ2n) is 7.43. The van der Waals surface area contributed by atoms with E-state index < -0.39 is 11.6 Å². The van der Waals surface area contributed by atoms with Crippen molar-refractivity contribution < 1.29 is 18.3 Å². The first-order valence-corrected chi connectivity index (χ1v) is 10.6. The first kappa shape index (κ1) is 22.0. The summed E-state index contributed by atoms with van der Waals surface area (Å²) in [4.78, 5) is 14.0. The molecule has 2 amide bonds. The van der Waals surface area contributed by atoms with Crippen LogP contribution in [-0.4, -0.2) is 43.7 Å². The van der Waals surface area contributed by atoms with E-state index in [1.807, 2.05) is 29.2 Å². The van der Waals surface area contributed by atoms with Crippen molar-refractivity contribution in [3.63, 3.8) is 0 Å². The fraction of sp³-hybridized carbons (Fsp3) is 0.435. The topological polar surface area (TPSA) is 53.6 Å². The van der Waals surface area contributed by atoms with Gasteiger partial charge in [-0.2, -0.15) is 4.39 Å². The number of anilines is 1. The maximum atomic E-state index is 13.5. The Morgan fingerprint density at radius 3 is 2.50 bits per heavy atom. The lowest BCUT2D eigenvalue weighted by Crippen LogP contribution is -2.48. The van der Waals surface area contributed by atoms with E-state index in [0.29, 0.717) is 6.61 Å². The van der Waals surface area contributed by atoms with Crippen LogP contribution in [0.4, 0.5) is 19.3 Å². The number of carbonyl (C=O) groups is 1. The Hall–Kier alpha value is -2.67. The number of unbranched alkanes of at least 4 members (excludes halogenated alkanes) is 3. The van der Waals surface area contributed by atoms with Crippen LogP contribution in [0.3, 0.4) is 0 Å². The van der Waals surface area contributed by atoms with E-state index in [-0.39, 0.29) is 11.8 Å². The number of piperazine rings is 1. The van der Waals surface area contributed by atoms with Gasteiger partial charge in [-0.3, -0.25) is 0 Å². The van der Waals surface area contributed by atoms with Crippen LogP contribution in [0.15, 0.2) is 42.5 Å². The van der Waals surface area contributed by atoms with Gasteiger partial charge in [-0.15, -0.1) is 0 Å². The molecule has 1 fully saturated rings. The molecular weight excluding hydrogens is 388 g/mol. The molecule has 1 saturated heterocycles. The van der Waals surface area contributed by atoms with Gasteiger partial charge in [-0.05, 0) is 49.1 Å². The van der Waals surface area contributed by atoms with Crippen LogP contribution >= 0.6 is 0 Å². The van der Waals surface area contributed by atoms with Crippen molar-refractivity contribution >= 4 is 11.7 Å². The lowest BCUT2D eigenvalue weighted by atomic mass is 10.1. The Balaban J connectivity index is 1.29. The van der Waals surface area contributed by atoms with Gasteiger partial charge in [0.1, 0.15) is 0 Å². The minimum atomic E-state index is -0.926. The number of halogens is 2. The van der Waals surface area contributed by atoms with Crippen LogP contribution in [0.2, 0.25) is 0 Å². The third kappa shape index (κ3) is 6.69. The van der Waals surface area contributed by atoms with E-state index in [2.05, 4.69) is 10.6 Å². The number of nitrogens with zero attached hydrogens (tertiary/aromatic N) is 1. The number of rotatable bonds is 9. The number of hydrogen-bond donors (Lipinski definition) is 2. The summed E-state index contributed by atoms with van der Waals surface area (Å²) < 4.78 is 31.9. The predicted molar refractivity (Wildman–Crippen MR) is 114 cm³/mol. The van der Waals surface area contributed by atoms with Crippen molar-refractivity contribution in [3.8, 4) is 5.75 Å². The van der Waals surface area contributed by atoms with Crippen LogP contribution in [0, 0.1) is 11.6 Å². The number of carbonyl (C=O) groups excluding carboxylic acids is 1. The second kappa shape index (κ2) is 11.5. The SMILES string of the molecule is O=C(Nc1ccc(CCCCCCOc2cccc(F)c2F)cc1)N1CCNCC1. The molecule has 2 aromatic rings. The average molecular weight is 418 g/mol. The first-order valence-electron chi connectivity index (χ1n) is 10.6. The van der Waals surface area contributed by atoms with E-state index in [1.54, 1.807) is 0 Å². The molecule has 0 radical (unpaired) electrons. The lowest BCUT2D eigenvalue weighted by Gasteiger charge is -2.27. The van der Waals surface area contributed by atoms with E-state index >= 15 is 0 Å². The Labute approximate surface area is 176 Å². The molecule has 1 aliphatic rings. The molecule has 0 bridgehead atoms. The van der Waals surface area contributed by atoms with Gasteiger partial charge in [-0.1, -0.05) is 31.0 Å². The van der Waals surface area contributed by atoms with Crippen molar-refractivity contribution in [1.82, 2.24) is 10.2 Å². The average Bonchev–Trinajstić information content (AvgIpc) is 2.77. The molecular formula is C23H29F2N3O2. The first-order chi connectivity index (χ1) is 14.6. The number of hydrogen-bond acceptors (Lipinski definition) is 3. The van der Waals surface area contributed by atoms with Crippen molar-refractivity contribution in [2.45, 2.75) is 32.1 Å². The molecule has 2 N–H and O–H groups in total. The van der Waals surface area contributed by atoms with E-state index in [1.165, 1.54) is 17.7 Å². The Morgan fingerprint density at radius 1 is 1.00 bits per heavy atom. The normalized spacial score (nSPS) is 13.9. The minimum absolute atomic E-state index is 0.0286. The maximum Gasteiger partial charge on any atom is 0.321 e. The molecule has 0 atom stereocenters. The Kier molecular flexibility index (Phi) is 8.44. The molecule has 0 saturated carbocycles. The predicted octanol–water partition coefficient (Wildman–Crippen LogP) is 4.58. The van der Waals surface area contributed by atoms with Crippen LogP contribution in [-0.2, 0) is 6.42 Å². The monoisotopic (exact) mass is 417 g/mol. The van der Waals surface area contributed by atoms with Crippen molar-refractivity contribution in [2.75, 3.05) is 38.1 Å². The summed E-state index contributed by atoms with van der Waals surface area (Å²) in [5, 5.41) is 6.18. The van der Waals surface area contributed by atoms with Gasteiger partial charge < -0.3 is 20.3 Å². The van der Waals surface area contributed by atoms with Gasteiger partial charge in [0.2, 0.25) is 5.82 Å². The molecule has 7 heteroatoms. The lowest BCUT2D eigenvalue weighted by molar-refractivity contribution is 0.204. The maximum absolute atomic E-state index is 13.5. The number of benzene rings is 2. The smallest absolute Gasteiger partial charge is 0.321 e.